The topological polar surface area (TPSA) is 131 Å². The van der Waals surface area contributed by atoms with Crippen molar-refractivity contribution in [2.45, 2.75) is 0 Å². The van der Waals surface area contributed by atoms with Gasteiger partial charge in [-0.25, -0.2) is 4.68 Å². The number of nitrogens with one attached hydrogen (secondary N) is 3. The van der Waals surface area contributed by atoms with Crippen LogP contribution in [0.25, 0.3) is 5.69 Å². The van der Waals surface area contributed by atoms with Crippen LogP contribution in [0.4, 0.5) is 0 Å². The lowest BCUT2D eigenvalue weighted by molar-refractivity contribution is -0.120. The van der Waals surface area contributed by atoms with Gasteiger partial charge < -0.3 is 5.32 Å². The fourth-order valence-corrected chi connectivity index (χ4v) is 2.58. The molecule has 3 amide bonds. The van der Waals surface area contributed by atoms with Crippen LogP contribution >= 0.6 is 11.3 Å². The maximum absolute atomic E-state index is 12.0. The zero-order valence-electron chi connectivity index (χ0n) is 13.2. The molecule has 132 valence electrons. The van der Waals surface area contributed by atoms with Crippen LogP contribution in [0, 0.1) is 0 Å². The average molecular weight is 371 g/mol. The third kappa shape index (κ3) is 4.27. The molecular formula is C15H13N7O3S. The molecule has 0 saturated carbocycles. The Morgan fingerprint density at radius 2 is 1.85 bits per heavy atom. The van der Waals surface area contributed by atoms with Gasteiger partial charge in [-0.1, -0.05) is 6.07 Å². The Morgan fingerprint density at radius 1 is 1.04 bits per heavy atom. The molecule has 3 rings (SSSR count). The first-order chi connectivity index (χ1) is 12.6. The SMILES string of the molecule is O=C(CNC(=O)c1cccs1)NNC(=O)c1ccc(-n2cnnn2)cc1. The molecule has 10 nitrogen and oxygen atoms in total. The van der Waals surface area contributed by atoms with Crippen LogP contribution in [0.15, 0.2) is 48.1 Å². The van der Waals surface area contributed by atoms with Crippen molar-refractivity contribution < 1.29 is 14.4 Å². The monoisotopic (exact) mass is 371 g/mol. The van der Waals surface area contributed by atoms with Crippen molar-refractivity contribution in [3.63, 3.8) is 0 Å². The number of hydrogen-bond donors (Lipinski definition) is 3. The predicted molar refractivity (Wildman–Crippen MR) is 91.4 cm³/mol. The first-order valence-electron chi connectivity index (χ1n) is 7.38. The minimum Gasteiger partial charge on any atom is -0.342 e. The fraction of sp³-hybridized carbons (Fsp3) is 0.0667. The molecule has 11 heteroatoms. The highest BCUT2D eigenvalue weighted by molar-refractivity contribution is 7.12. The molecule has 26 heavy (non-hydrogen) atoms. The quantitative estimate of drug-likeness (QED) is 0.538. The van der Waals surface area contributed by atoms with Gasteiger partial charge in [0, 0.05) is 5.56 Å². The molecule has 0 radical (unpaired) electrons. The van der Waals surface area contributed by atoms with Crippen LogP contribution in [0.3, 0.4) is 0 Å². The van der Waals surface area contributed by atoms with E-state index in [0.29, 0.717) is 16.1 Å². The van der Waals surface area contributed by atoms with Gasteiger partial charge in [0.25, 0.3) is 17.7 Å². The number of carbonyl (C=O) groups excluding carboxylic acids is 3. The molecule has 2 aromatic heterocycles. The van der Waals surface area contributed by atoms with Crippen molar-refractivity contribution in [2.75, 3.05) is 6.54 Å². The lowest BCUT2D eigenvalue weighted by Crippen LogP contribution is -2.46. The van der Waals surface area contributed by atoms with E-state index >= 15 is 0 Å². The second kappa shape index (κ2) is 7.98. The highest BCUT2D eigenvalue weighted by Crippen LogP contribution is 2.08. The minimum absolute atomic E-state index is 0.255. The number of amides is 3. The molecule has 0 bridgehead atoms. The zero-order valence-corrected chi connectivity index (χ0v) is 14.1. The van der Waals surface area contributed by atoms with E-state index < -0.39 is 11.8 Å². The molecule has 1 aromatic carbocycles. The van der Waals surface area contributed by atoms with Crippen LogP contribution in [0.2, 0.25) is 0 Å². The summed E-state index contributed by atoms with van der Waals surface area (Å²) in [6.07, 6.45) is 1.43. The molecular weight excluding hydrogens is 358 g/mol. The van der Waals surface area contributed by atoms with Gasteiger partial charge in [0.1, 0.15) is 6.33 Å². The summed E-state index contributed by atoms with van der Waals surface area (Å²) in [6.45, 7) is -0.255. The van der Waals surface area contributed by atoms with Gasteiger partial charge in [0.15, 0.2) is 0 Å². The van der Waals surface area contributed by atoms with E-state index in [9.17, 15) is 14.4 Å². The minimum atomic E-state index is -0.548. The summed E-state index contributed by atoms with van der Waals surface area (Å²) in [5.74, 6) is -1.39. The van der Waals surface area contributed by atoms with E-state index in [2.05, 4.69) is 31.7 Å². The summed E-state index contributed by atoms with van der Waals surface area (Å²) in [5.41, 5.74) is 5.54. The van der Waals surface area contributed by atoms with E-state index in [0.717, 1.165) is 0 Å². The van der Waals surface area contributed by atoms with Gasteiger partial charge in [-0.2, -0.15) is 0 Å². The van der Waals surface area contributed by atoms with E-state index in [1.54, 1.807) is 41.8 Å². The maximum atomic E-state index is 12.0. The molecule has 0 fully saturated rings. The molecule has 3 N–H and O–H groups in total. The lowest BCUT2D eigenvalue weighted by atomic mass is 10.2. The number of benzene rings is 1. The smallest absolute Gasteiger partial charge is 0.269 e. The number of nitrogens with zero attached hydrogens (tertiary/aromatic N) is 4. The number of tetrazole rings is 1. The predicted octanol–water partition coefficient (Wildman–Crippen LogP) is -0.0852. The second-order valence-electron chi connectivity index (χ2n) is 4.96. The maximum Gasteiger partial charge on any atom is 0.269 e. The summed E-state index contributed by atoms with van der Waals surface area (Å²) in [5, 5.41) is 15.0. The van der Waals surface area contributed by atoms with Gasteiger partial charge in [-0.15, -0.1) is 16.4 Å². The Hall–Kier alpha value is -3.60. The van der Waals surface area contributed by atoms with Crippen molar-refractivity contribution >= 4 is 29.1 Å². The Kier molecular flexibility index (Phi) is 5.29. The summed E-state index contributed by atoms with van der Waals surface area (Å²) in [4.78, 5) is 35.9. The Labute approximate surface area is 151 Å². The number of hydrazine groups is 1. The van der Waals surface area contributed by atoms with E-state index in [-0.39, 0.29) is 12.5 Å². The van der Waals surface area contributed by atoms with E-state index in [1.165, 1.54) is 22.3 Å². The normalized spacial score (nSPS) is 10.2. The number of aromatic nitrogens is 4. The molecule has 0 spiro atoms. The molecule has 3 aromatic rings. The van der Waals surface area contributed by atoms with Crippen LogP contribution in [-0.2, 0) is 4.79 Å². The van der Waals surface area contributed by atoms with Crippen LogP contribution in [-0.4, -0.2) is 44.5 Å². The average Bonchev–Trinajstić information content (AvgIpc) is 3.38. The Balaban J connectivity index is 1.46. The van der Waals surface area contributed by atoms with Gasteiger partial charge in [-0.3, -0.25) is 25.2 Å². The Bertz CT molecular complexity index is 892. The highest BCUT2D eigenvalue weighted by atomic mass is 32.1. The van der Waals surface area contributed by atoms with Gasteiger partial charge in [-0.05, 0) is 46.1 Å². The van der Waals surface area contributed by atoms with Crippen molar-refractivity contribution in [1.82, 2.24) is 36.4 Å². The van der Waals surface area contributed by atoms with Crippen molar-refractivity contribution in [3.8, 4) is 5.69 Å². The number of thiophene rings is 1. The Morgan fingerprint density at radius 3 is 2.50 bits per heavy atom. The van der Waals surface area contributed by atoms with Crippen LogP contribution < -0.4 is 16.2 Å². The third-order valence-electron chi connectivity index (χ3n) is 3.21. The van der Waals surface area contributed by atoms with E-state index in [1.807, 2.05) is 0 Å². The number of rotatable bonds is 5. The lowest BCUT2D eigenvalue weighted by Gasteiger charge is -2.08. The summed E-state index contributed by atoms with van der Waals surface area (Å²) >= 11 is 1.27. The molecule has 0 aliphatic rings. The molecule has 0 aliphatic carbocycles. The standard InChI is InChI=1S/C15H13N7O3S/c23-13(8-16-15(25)12-2-1-7-26-12)18-19-14(24)10-3-5-11(6-4-10)22-9-17-20-21-22/h1-7,9H,8H2,(H,16,25)(H,18,23)(H,19,24). The molecule has 0 unspecified atom stereocenters. The molecule has 0 aliphatic heterocycles. The molecule has 0 atom stereocenters. The molecule has 2 heterocycles. The highest BCUT2D eigenvalue weighted by Gasteiger charge is 2.10. The largest absolute Gasteiger partial charge is 0.342 e. The first kappa shape index (κ1) is 17.2. The third-order valence-corrected chi connectivity index (χ3v) is 4.08. The first-order valence-corrected chi connectivity index (χ1v) is 8.26. The fourth-order valence-electron chi connectivity index (χ4n) is 1.94. The van der Waals surface area contributed by atoms with Gasteiger partial charge >= 0.3 is 0 Å². The second-order valence-corrected chi connectivity index (χ2v) is 5.91. The van der Waals surface area contributed by atoms with Crippen LogP contribution in [0.1, 0.15) is 20.0 Å². The number of carbonyl (C=O) groups is 3. The zero-order chi connectivity index (χ0) is 18.4. The molecule has 0 saturated heterocycles. The van der Waals surface area contributed by atoms with Crippen LogP contribution in [0.5, 0.6) is 0 Å². The summed E-state index contributed by atoms with van der Waals surface area (Å²) in [7, 11) is 0. The van der Waals surface area contributed by atoms with Gasteiger partial charge in [0.05, 0.1) is 17.1 Å². The number of hydrogen-bond acceptors (Lipinski definition) is 7. The summed E-state index contributed by atoms with van der Waals surface area (Å²) < 4.78 is 1.44. The van der Waals surface area contributed by atoms with Crippen molar-refractivity contribution in [1.29, 1.82) is 0 Å². The van der Waals surface area contributed by atoms with Crippen molar-refractivity contribution in [3.05, 3.63) is 58.5 Å². The van der Waals surface area contributed by atoms with Crippen molar-refractivity contribution in [2.24, 2.45) is 0 Å². The summed E-state index contributed by atoms with van der Waals surface area (Å²) in [6, 6.07) is 9.85. The van der Waals surface area contributed by atoms with Gasteiger partial charge in [0.2, 0.25) is 0 Å². The van der Waals surface area contributed by atoms with E-state index in [4.69, 9.17) is 0 Å².